The Labute approximate surface area is 151 Å². The van der Waals surface area contributed by atoms with Gasteiger partial charge in [-0.1, -0.05) is 58.6 Å². The molecule has 0 aliphatic carbocycles. The quantitative estimate of drug-likeness (QED) is 0.378. The molecule has 0 bridgehead atoms. The van der Waals surface area contributed by atoms with Crippen molar-refractivity contribution in [1.82, 2.24) is 0 Å². The molecule has 0 aliphatic rings. The number of ether oxygens (including phenoxy) is 2. The molecule has 1 aromatic rings. The van der Waals surface area contributed by atoms with Crippen LogP contribution in [0.15, 0.2) is 18.2 Å². The molecule has 0 atom stereocenters. The van der Waals surface area contributed by atoms with Crippen molar-refractivity contribution >= 4 is 11.9 Å². The Morgan fingerprint density at radius 2 is 1.44 bits per heavy atom. The Morgan fingerprint density at radius 3 is 2.12 bits per heavy atom. The predicted molar refractivity (Wildman–Crippen MR) is 100 cm³/mol. The number of unbranched alkanes of at least 4 members (excludes halogenated alkanes) is 4. The van der Waals surface area contributed by atoms with Crippen LogP contribution < -0.4 is 0 Å². The number of hydrogen-bond donors (Lipinski definition) is 0. The highest BCUT2D eigenvalue weighted by Crippen LogP contribution is 2.20. The van der Waals surface area contributed by atoms with Gasteiger partial charge in [0.15, 0.2) is 0 Å². The summed E-state index contributed by atoms with van der Waals surface area (Å²) in [5.74, 6) is -0.849. The van der Waals surface area contributed by atoms with Crippen LogP contribution in [0.3, 0.4) is 0 Å². The fraction of sp³-hybridized carbons (Fsp3) is 0.619. The van der Waals surface area contributed by atoms with E-state index in [4.69, 9.17) is 9.47 Å². The maximum atomic E-state index is 12.6. The van der Waals surface area contributed by atoms with Crippen molar-refractivity contribution in [3.8, 4) is 0 Å². The highest BCUT2D eigenvalue weighted by atomic mass is 16.5. The van der Waals surface area contributed by atoms with E-state index < -0.39 is 11.9 Å². The van der Waals surface area contributed by atoms with Crippen molar-refractivity contribution in [3.63, 3.8) is 0 Å². The lowest BCUT2D eigenvalue weighted by molar-refractivity contribution is 0.0450. The molecular formula is C21H32O4. The first-order valence-electron chi connectivity index (χ1n) is 9.61. The Morgan fingerprint density at radius 1 is 0.800 bits per heavy atom. The molecule has 4 heteroatoms. The van der Waals surface area contributed by atoms with Gasteiger partial charge in [0, 0.05) is 0 Å². The second kappa shape index (κ2) is 12.5. The van der Waals surface area contributed by atoms with Crippen LogP contribution in [0, 0.1) is 0 Å². The molecular weight excluding hydrogens is 316 g/mol. The third-order valence-electron chi connectivity index (χ3n) is 4.09. The summed E-state index contributed by atoms with van der Waals surface area (Å²) in [6.45, 7) is 7.01. The van der Waals surface area contributed by atoms with E-state index in [0.29, 0.717) is 24.3 Å². The number of carbonyl (C=O) groups excluding carboxylic acids is 2. The summed E-state index contributed by atoms with van der Waals surface area (Å²) in [4.78, 5) is 25.0. The summed E-state index contributed by atoms with van der Waals surface area (Å²) >= 11 is 0. The average Bonchev–Trinajstić information content (AvgIpc) is 2.63. The van der Waals surface area contributed by atoms with Crippen molar-refractivity contribution in [2.45, 2.75) is 72.1 Å². The van der Waals surface area contributed by atoms with Crippen LogP contribution in [0.25, 0.3) is 0 Å². The van der Waals surface area contributed by atoms with E-state index in [0.717, 1.165) is 56.9 Å². The highest BCUT2D eigenvalue weighted by molar-refractivity contribution is 6.04. The van der Waals surface area contributed by atoms with E-state index in [1.807, 2.05) is 19.1 Å². The van der Waals surface area contributed by atoms with Gasteiger partial charge in [0.1, 0.15) is 0 Å². The highest BCUT2D eigenvalue weighted by Gasteiger charge is 2.22. The SMILES string of the molecule is CCCCCOC(=O)c1cccc(CCCC)c1C(=O)OCCCC. The summed E-state index contributed by atoms with van der Waals surface area (Å²) in [5, 5.41) is 0. The first-order chi connectivity index (χ1) is 12.2. The summed E-state index contributed by atoms with van der Waals surface area (Å²) in [7, 11) is 0. The number of hydrogen-bond acceptors (Lipinski definition) is 4. The zero-order chi connectivity index (χ0) is 18.5. The van der Waals surface area contributed by atoms with Gasteiger partial charge in [0.25, 0.3) is 0 Å². The number of esters is 2. The molecule has 140 valence electrons. The Kier molecular flexibility index (Phi) is 10.6. The molecule has 0 spiro atoms. The Hall–Kier alpha value is -1.84. The molecule has 0 amide bonds. The van der Waals surface area contributed by atoms with Crippen LogP contribution in [0.1, 0.15) is 92.0 Å². The summed E-state index contributed by atoms with van der Waals surface area (Å²) in [6, 6.07) is 5.38. The van der Waals surface area contributed by atoms with Crippen molar-refractivity contribution < 1.29 is 19.1 Å². The molecule has 0 heterocycles. The fourth-order valence-corrected chi connectivity index (χ4v) is 2.56. The predicted octanol–water partition coefficient (Wildman–Crippen LogP) is 5.33. The molecule has 0 saturated carbocycles. The second-order valence-electron chi connectivity index (χ2n) is 6.28. The molecule has 0 aromatic heterocycles. The van der Waals surface area contributed by atoms with Gasteiger partial charge in [-0.25, -0.2) is 9.59 Å². The standard InChI is InChI=1S/C21H32O4/c1-4-7-10-16-24-20(22)18-14-11-13-17(12-8-5-2)19(18)21(23)25-15-9-6-3/h11,13-14H,4-10,12,15-16H2,1-3H3. The molecule has 0 unspecified atom stereocenters. The topological polar surface area (TPSA) is 52.6 Å². The zero-order valence-electron chi connectivity index (χ0n) is 15.9. The third kappa shape index (κ3) is 7.29. The molecule has 0 aliphatic heterocycles. The van der Waals surface area contributed by atoms with Crippen LogP contribution in [0.5, 0.6) is 0 Å². The summed E-state index contributed by atoms with van der Waals surface area (Å²) < 4.78 is 10.7. The van der Waals surface area contributed by atoms with Crippen LogP contribution in [0.2, 0.25) is 0 Å². The van der Waals surface area contributed by atoms with E-state index in [2.05, 4.69) is 13.8 Å². The Bertz CT molecular complexity index is 537. The zero-order valence-corrected chi connectivity index (χ0v) is 15.9. The molecule has 4 nitrogen and oxygen atoms in total. The minimum atomic E-state index is -0.433. The van der Waals surface area contributed by atoms with Crippen molar-refractivity contribution in [3.05, 3.63) is 34.9 Å². The summed E-state index contributed by atoms with van der Waals surface area (Å²) in [6.07, 6.45) is 7.45. The number of benzene rings is 1. The molecule has 0 saturated heterocycles. The van der Waals surface area contributed by atoms with Crippen LogP contribution in [-0.4, -0.2) is 25.2 Å². The second-order valence-corrected chi connectivity index (χ2v) is 6.28. The molecule has 0 N–H and O–H groups in total. The van der Waals surface area contributed by atoms with Crippen LogP contribution in [-0.2, 0) is 15.9 Å². The van der Waals surface area contributed by atoms with Gasteiger partial charge in [-0.3, -0.25) is 0 Å². The normalized spacial score (nSPS) is 10.5. The van der Waals surface area contributed by atoms with Gasteiger partial charge in [0.05, 0.1) is 24.3 Å². The van der Waals surface area contributed by atoms with E-state index in [-0.39, 0.29) is 0 Å². The monoisotopic (exact) mass is 348 g/mol. The smallest absolute Gasteiger partial charge is 0.339 e. The average molecular weight is 348 g/mol. The molecule has 25 heavy (non-hydrogen) atoms. The van der Waals surface area contributed by atoms with Gasteiger partial charge in [0.2, 0.25) is 0 Å². The van der Waals surface area contributed by atoms with Crippen LogP contribution in [0.4, 0.5) is 0 Å². The van der Waals surface area contributed by atoms with Crippen molar-refractivity contribution in [2.75, 3.05) is 13.2 Å². The van der Waals surface area contributed by atoms with Crippen LogP contribution >= 0.6 is 0 Å². The third-order valence-corrected chi connectivity index (χ3v) is 4.09. The number of carbonyl (C=O) groups is 2. The largest absolute Gasteiger partial charge is 0.462 e. The molecule has 0 radical (unpaired) electrons. The van der Waals surface area contributed by atoms with Gasteiger partial charge in [-0.05, 0) is 37.3 Å². The summed E-state index contributed by atoms with van der Waals surface area (Å²) in [5.41, 5.74) is 1.57. The molecule has 0 fully saturated rings. The number of rotatable bonds is 12. The minimum absolute atomic E-state index is 0.326. The van der Waals surface area contributed by atoms with E-state index in [1.165, 1.54) is 0 Å². The first kappa shape index (κ1) is 21.2. The lowest BCUT2D eigenvalue weighted by Crippen LogP contribution is -2.17. The Balaban J connectivity index is 2.96. The molecule has 1 rings (SSSR count). The van der Waals surface area contributed by atoms with E-state index >= 15 is 0 Å². The maximum absolute atomic E-state index is 12.6. The first-order valence-corrected chi connectivity index (χ1v) is 9.61. The minimum Gasteiger partial charge on any atom is -0.462 e. The number of aryl methyl sites for hydroxylation is 1. The van der Waals surface area contributed by atoms with Gasteiger partial charge < -0.3 is 9.47 Å². The fourth-order valence-electron chi connectivity index (χ4n) is 2.56. The van der Waals surface area contributed by atoms with Gasteiger partial charge >= 0.3 is 11.9 Å². The van der Waals surface area contributed by atoms with Gasteiger partial charge in [-0.15, -0.1) is 0 Å². The van der Waals surface area contributed by atoms with E-state index in [1.54, 1.807) is 6.07 Å². The maximum Gasteiger partial charge on any atom is 0.339 e. The van der Waals surface area contributed by atoms with E-state index in [9.17, 15) is 9.59 Å². The van der Waals surface area contributed by atoms with Gasteiger partial charge in [-0.2, -0.15) is 0 Å². The lowest BCUT2D eigenvalue weighted by atomic mass is 9.97. The lowest BCUT2D eigenvalue weighted by Gasteiger charge is -2.14. The van der Waals surface area contributed by atoms with Crippen molar-refractivity contribution in [1.29, 1.82) is 0 Å². The van der Waals surface area contributed by atoms with Crippen molar-refractivity contribution in [2.24, 2.45) is 0 Å². The molecule has 1 aromatic carbocycles.